The number of likely N-dealkylation sites (tertiary alicyclic amines) is 1. The second-order valence-corrected chi connectivity index (χ2v) is 9.21. The van der Waals surface area contributed by atoms with E-state index in [2.05, 4.69) is 57.2 Å². The quantitative estimate of drug-likeness (QED) is 0.563. The molecule has 5 rings (SSSR count). The molecule has 0 N–H and O–H groups in total. The zero-order chi connectivity index (χ0) is 21.8. The Balaban J connectivity index is 1.02. The molecule has 0 saturated carbocycles. The van der Waals surface area contributed by atoms with Crippen LogP contribution in [0.25, 0.3) is 11.0 Å². The van der Waals surface area contributed by atoms with E-state index in [1.807, 2.05) is 18.2 Å². The second kappa shape index (κ2) is 9.78. The molecule has 2 fully saturated rings. The van der Waals surface area contributed by atoms with Gasteiger partial charge >= 0.3 is 0 Å². The number of piperazine rings is 1. The van der Waals surface area contributed by atoms with Crippen molar-refractivity contribution in [3.05, 3.63) is 66.4 Å². The number of nitrogens with zero attached hydrogens (tertiary/aromatic N) is 3. The summed E-state index contributed by atoms with van der Waals surface area (Å²) in [5, 5.41) is 1.18. The third kappa shape index (κ3) is 4.99. The molecule has 0 unspecified atom stereocenters. The number of amides is 1. The van der Waals surface area contributed by atoms with Crippen LogP contribution in [0, 0.1) is 5.92 Å². The van der Waals surface area contributed by atoms with Crippen molar-refractivity contribution in [1.82, 2.24) is 9.80 Å². The van der Waals surface area contributed by atoms with Crippen LogP contribution >= 0.6 is 0 Å². The van der Waals surface area contributed by atoms with E-state index < -0.39 is 0 Å². The Kier molecular flexibility index (Phi) is 6.44. The Hall–Kier alpha value is -2.79. The lowest BCUT2D eigenvalue weighted by Crippen LogP contribution is -2.48. The molecule has 2 aliphatic heterocycles. The van der Waals surface area contributed by atoms with E-state index in [-0.39, 0.29) is 0 Å². The van der Waals surface area contributed by atoms with E-state index in [0.717, 1.165) is 63.6 Å². The van der Waals surface area contributed by atoms with E-state index in [9.17, 15) is 4.79 Å². The maximum Gasteiger partial charge on any atom is 0.222 e. The molecule has 2 aromatic carbocycles. The zero-order valence-corrected chi connectivity index (χ0v) is 18.8. The van der Waals surface area contributed by atoms with Crippen molar-refractivity contribution in [2.24, 2.45) is 5.92 Å². The van der Waals surface area contributed by atoms with Crippen LogP contribution in [0.5, 0.6) is 0 Å². The smallest absolute Gasteiger partial charge is 0.222 e. The normalized spacial score (nSPS) is 18.4. The molecule has 5 nitrogen and oxygen atoms in total. The Labute approximate surface area is 190 Å². The van der Waals surface area contributed by atoms with Crippen molar-refractivity contribution in [2.75, 3.05) is 44.2 Å². The summed E-state index contributed by atoms with van der Waals surface area (Å²) in [6, 6.07) is 20.9. The molecule has 1 aromatic heterocycles. The molecule has 5 heteroatoms. The summed E-state index contributed by atoms with van der Waals surface area (Å²) in [6.07, 6.45) is 4.07. The van der Waals surface area contributed by atoms with Gasteiger partial charge in [0.2, 0.25) is 5.91 Å². The first-order valence-electron chi connectivity index (χ1n) is 12.0. The van der Waals surface area contributed by atoms with Gasteiger partial charge in [0.05, 0.1) is 6.54 Å². The van der Waals surface area contributed by atoms with Crippen LogP contribution in [0.4, 0.5) is 5.69 Å². The Bertz CT molecular complexity index is 983. The summed E-state index contributed by atoms with van der Waals surface area (Å²) >= 11 is 0. The average Bonchev–Trinajstić information content (AvgIpc) is 3.26. The molecular formula is C27H33N3O2. The topological polar surface area (TPSA) is 39.9 Å². The molecule has 0 radical (unpaired) electrons. The number of furan rings is 1. The molecule has 168 valence electrons. The predicted molar refractivity (Wildman–Crippen MR) is 129 cm³/mol. The van der Waals surface area contributed by atoms with Gasteiger partial charge in [0, 0.05) is 43.7 Å². The van der Waals surface area contributed by atoms with E-state index in [1.165, 1.54) is 23.9 Å². The monoisotopic (exact) mass is 431 g/mol. The van der Waals surface area contributed by atoms with Crippen LogP contribution in [0.1, 0.15) is 31.4 Å². The van der Waals surface area contributed by atoms with Crippen molar-refractivity contribution in [2.45, 2.75) is 32.2 Å². The van der Waals surface area contributed by atoms with E-state index in [4.69, 9.17) is 4.42 Å². The number of para-hydroxylation sites is 2. The van der Waals surface area contributed by atoms with Crippen LogP contribution in [0.2, 0.25) is 0 Å². The molecule has 32 heavy (non-hydrogen) atoms. The molecule has 2 saturated heterocycles. The lowest BCUT2D eigenvalue weighted by atomic mass is 9.92. The lowest BCUT2D eigenvalue weighted by molar-refractivity contribution is -0.131. The fourth-order valence-electron chi connectivity index (χ4n) is 5.11. The minimum Gasteiger partial charge on any atom is -0.460 e. The number of rotatable bonds is 6. The van der Waals surface area contributed by atoms with Crippen LogP contribution in [0.3, 0.4) is 0 Å². The third-order valence-electron chi connectivity index (χ3n) is 7.08. The first-order valence-corrected chi connectivity index (χ1v) is 12.0. The highest BCUT2D eigenvalue weighted by Gasteiger charge is 2.24. The van der Waals surface area contributed by atoms with E-state index in [0.29, 0.717) is 18.2 Å². The summed E-state index contributed by atoms with van der Waals surface area (Å²) in [5.41, 5.74) is 2.23. The maximum atomic E-state index is 12.8. The number of benzene rings is 2. The molecular weight excluding hydrogens is 398 g/mol. The van der Waals surface area contributed by atoms with Gasteiger partial charge in [-0.05, 0) is 62.5 Å². The summed E-state index contributed by atoms with van der Waals surface area (Å²) in [7, 11) is 0. The van der Waals surface area contributed by atoms with Crippen molar-refractivity contribution < 1.29 is 9.21 Å². The summed E-state index contributed by atoms with van der Waals surface area (Å²) < 4.78 is 5.98. The van der Waals surface area contributed by atoms with Crippen molar-refractivity contribution in [3.63, 3.8) is 0 Å². The Morgan fingerprint density at radius 1 is 0.875 bits per heavy atom. The Morgan fingerprint density at radius 2 is 1.59 bits per heavy atom. The highest BCUT2D eigenvalue weighted by atomic mass is 16.3. The fourth-order valence-corrected chi connectivity index (χ4v) is 5.11. The van der Waals surface area contributed by atoms with Crippen molar-refractivity contribution in [3.8, 4) is 0 Å². The molecule has 0 spiro atoms. The van der Waals surface area contributed by atoms with Crippen LogP contribution < -0.4 is 4.90 Å². The van der Waals surface area contributed by atoms with E-state index >= 15 is 0 Å². The molecule has 2 aliphatic rings. The van der Waals surface area contributed by atoms with Crippen molar-refractivity contribution in [1.29, 1.82) is 0 Å². The number of carbonyl (C=O) groups excluding carboxylic acids is 1. The SMILES string of the molecule is O=C(CCC1CCN(Cc2cc3ccccc3o2)CC1)N1CCN(c2ccccc2)CC1. The number of hydrogen-bond donors (Lipinski definition) is 0. The summed E-state index contributed by atoms with van der Waals surface area (Å²) in [5.74, 6) is 2.05. The fraction of sp³-hybridized carbons (Fsp3) is 0.444. The van der Waals surface area contributed by atoms with Gasteiger partial charge < -0.3 is 14.2 Å². The van der Waals surface area contributed by atoms with Gasteiger partial charge in [-0.15, -0.1) is 0 Å². The van der Waals surface area contributed by atoms with Gasteiger partial charge in [0.15, 0.2) is 0 Å². The van der Waals surface area contributed by atoms with Crippen LogP contribution in [-0.4, -0.2) is 55.0 Å². The summed E-state index contributed by atoms with van der Waals surface area (Å²) in [4.78, 5) is 19.7. The van der Waals surface area contributed by atoms with E-state index in [1.54, 1.807) is 0 Å². The number of anilines is 1. The van der Waals surface area contributed by atoms with Gasteiger partial charge in [-0.1, -0.05) is 36.4 Å². The zero-order valence-electron chi connectivity index (χ0n) is 18.8. The maximum absolute atomic E-state index is 12.8. The standard InChI is InChI=1S/C27H33N3O2/c31-27(30-18-16-29(17-19-30)24-7-2-1-3-8-24)11-10-22-12-14-28(15-13-22)21-25-20-23-6-4-5-9-26(23)32-25/h1-9,20,22H,10-19,21H2. The molecule has 0 atom stereocenters. The first-order chi connectivity index (χ1) is 15.7. The number of carbonyl (C=O) groups is 1. The largest absolute Gasteiger partial charge is 0.460 e. The third-order valence-corrected chi connectivity index (χ3v) is 7.08. The summed E-state index contributed by atoms with van der Waals surface area (Å²) in [6.45, 7) is 6.59. The highest BCUT2D eigenvalue weighted by molar-refractivity contribution is 5.77. The second-order valence-electron chi connectivity index (χ2n) is 9.21. The molecule has 0 bridgehead atoms. The molecule has 3 aromatic rings. The molecule has 1 amide bonds. The minimum absolute atomic E-state index is 0.336. The average molecular weight is 432 g/mol. The number of fused-ring (bicyclic) bond motifs is 1. The number of piperidine rings is 1. The van der Waals surface area contributed by atoms with Crippen molar-refractivity contribution >= 4 is 22.6 Å². The lowest BCUT2D eigenvalue weighted by Gasteiger charge is -2.36. The van der Waals surface area contributed by atoms with Gasteiger partial charge in [0.1, 0.15) is 11.3 Å². The minimum atomic E-state index is 0.336. The van der Waals surface area contributed by atoms with Crippen LogP contribution in [-0.2, 0) is 11.3 Å². The van der Waals surface area contributed by atoms with Gasteiger partial charge in [-0.3, -0.25) is 9.69 Å². The molecule has 3 heterocycles. The molecule has 0 aliphatic carbocycles. The highest BCUT2D eigenvalue weighted by Crippen LogP contribution is 2.26. The van der Waals surface area contributed by atoms with Gasteiger partial charge in [-0.2, -0.15) is 0 Å². The van der Waals surface area contributed by atoms with Gasteiger partial charge in [0.25, 0.3) is 0 Å². The number of hydrogen-bond acceptors (Lipinski definition) is 4. The van der Waals surface area contributed by atoms with Crippen LogP contribution in [0.15, 0.2) is 65.1 Å². The predicted octanol–water partition coefficient (Wildman–Crippen LogP) is 4.77. The Morgan fingerprint density at radius 3 is 2.34 bits per heavy atom. The van der Waals surface area contributed by atoms with Gasteiger partial charge in [-0.25, -0.2) is 0 Å². The first kappa shape index (κ1) is 21.1.